The molecule has 112 valence electrons. The summed E-state index contributed by atoms with van der Waals surface area (Å²) in [5, 5.41) is 19.9. The Labute approximate surface area is 130 Å². The lowest BCUT2D eigenvalue weighted by atomic mass is 10.2. The van der Waals surface area contributed by atoms with E-state index < -0.39 is 12.0 Å². The van der Waals surface area contributed by atoms with E-state index in [1.165, 1.54) is 0 Å². The maximum Gasteiger partial charge on any atom is 0.320 e. The summed E-state index contributed by atoms with van der Waals surface area (Å²) in [6.45, 7) is 2.17. The zero-order valence-electron chi connectivity index (χ0n) is 11.5. The first-order valence-electron chi connectivity index (χ1n) is 6.65. The van der Waals surface area contributed by atoms with Crippen molar-refractivity contribution in [3.05, 3.63) is 34.6 Å². The van der Waals surface area contributed by atoms with E-state index in [9.17, 15) is 4.79 Å². The van der Waals surface area contributed by atoms with Crippen molar-refractivity contribution in [2.75, 3.05) is 0 Å². The van der Waals surface area contributed by atoms with Crippen LogP contribution in [0, 0.1) is 0 Å². The Bertz CT molecular complexity index is 615. The minimum absolute atomic E-state index is 0.231. The minimum Gasteiger partial charge on any atom is -0.480 e. The number of rotatable bonds is 7. The number of nitrogens with zero attached hydrogens (tertiary/aromatic N) is 2. The van der Waals surface area contributed by atoms with Crippen molar-refractivity contribution >= 4 is 21.9 Å². The van der Waals surface area contributed by atoms with Gasteiger partial charge in [0.15, 0.2) is 0 Å². The monoisotopic (exact) mass is 353 g/mol. The van der Waals surface area contributed by atoms with Crippen LogP contribution in [0.2, 0.25) is 0 Å². The van der Waals surface area contributed by atoms with Crippen molar-refractivity contribution in [2.24, 2.45) is 0 Å². The molecule has 0 aliphatic carbocycles. The summed E-state index contributed by atoms with van der Waals surface area (Å²) in [6.07, 6.45) is 1.34. The normalized spacial score (nSPS) is 12.3. The van der Waals surface area contributed by atoms with Gasteiger partial charge in [0.05, 0.1) is 12.1 Å². The number of nitrogens with one attached hydrogen (secondary N) is 1. The Morgan fingerprint density at radius 3 is 2.86 bits per heavy atom. The highest BCUT2D eigenvalue weighted by Gasteiger charge is 2.17. The molecule has 2 N–H and O–H groups in total. The van der Waals surface area contributed by atoms with Crippen LogP contribution in [0.25, 0.3) is 11.5 Å². The molecular weight excluding hydrogens is 338 g/mol. The van der Waals surface area contributed by atoms with Crippen LogP contribution in [0.15, 0.2) is 33.2 Å². The molecule has 0 saturated heterocycles. The number of carboxylic acid groups (broad SMARTS) is 1. The molecule has 1 aromatic carbocycles. The fraction of sp³-hybridized carbons (Fsp3) is 0.357. The molecule has 7 heteroatoms. The summed E-state index contributed by atoms with van der Waals surface area (Å²) in [5.41, 5.74) is 0.805. The van der Waals surface area contributed by atoms with Gasteiger partial charge in [-0.05, 0) is 34.5 Å². The molecule has 1 aromatic heterocycles. The number of aliphatic carboxylic acids is 1. The van der Waals surface area contributed by atoms with Gasteiger partial charge in [-0.3, -0.25) is 10.1 Å². The summed E-state index contributed by atoms with van der Waals surface area (Å²) in [5.74, 6) is -0.104. The highest BCUT2D eigenvalue weighted by Crippen LogP contribution is 2.26. The maximum atomic E-state index is 11.0. The van der Waals surface area contributed by atoms with E-state index in [2.05, 4.69) is 31.4 Å². The molecule has 0 aliphatic heterocycles. The van der Waals surface area contributed by atoms with Crippen molar-refractivity contribution in [2.45, 2.75) is 32.4 Å². The summed E-state index contributed by atoms with van der Waals surface area (Å²) in [6, 6.07) is 6.93. The molecule has 2 rings (SSSR count). The third-order valence-electron chi connectivity index (χ3n) is 2.95. The third-order valence-corrected chi connectivity index (χ3v) is 3.64. The first-order chi connectivity index (χ1) is 10.1. The van der Waals surface area contributed by atoms with Gasteiger partial charge in [0.1, 0.15) is 6.04 Å². The highest BCUT2D eigenvalue weighted by molar-refractivity contribution is 9.10. The zero-order chi connectivity index (χ0) is 15.2. The molecule has 6 nitrogen and oxygen atoms in total. The largest absolute Gasteiger partial charge is 0.480 e. The van der Waals surface area contributed by atoms with E-state index in [1.807, 2.05) is 31.2 Å². The van der Waals surface area contributed by atoms with Crippen molar-refractivity contribution in [3.8, 4) is 11.5 Å². The Kier molecular flexibility index (Phi) is 5.46. The van der Waals surface area contributed by atoms with E-state index >= 15 is 0 Å². The van der Waals surface area contributed by atoms with Crippen LogP contribution >= 0.6 is 15.9 Å². The van der Waals surface area contributed by atoms with Gasteiger partial charge >= 0.3 is 5.97 Å². The van der Waals surface area contributed by atoms with Gasteiger partial charge in [-0.1, -0.05) is 25.5 Å². The Hall–Kier alpha value is -1.73. The molecule has 0 spiro atoms. The van der Waals surface area contributed by atoms with Crippen molar-refractivity contribution in [3.63, 3.8) is 0 Å². The summed E-state index contributed by atoms with van der Waals surface area (Å²) < 4.78 is 6.41. The minimum atomic E-state index is -0.873. The first-order valence-corrected chi connectivity index (χ1v) is 7.44. The van der Waals surface area contributed by atoms with E-state index in [0.29, 0.717) is 18.2 Å². The van der Waals surface area contributed by atoms with Crippen LogP contribution in [-0.4, -0.2) is 27.3 Å². The molecule has 1 atom stereocenters. The summed E-state index contributed by atoms with van der Waals surface area (Å²) in [4.78, 5) is 11.0. The third kappa shape index (κ3) is 4.12. The second-order valence-electron chi connectivity index (χ2n) is 4.54. The molecule has 0 amide bonds. The molecule has 2 aromatic rings. The van der Waals surface area contributed by atoms with Crippen molar-refractivity contribution in [1.29, 1.82) is 0 Å². The van der Waals surface area contributed by atoms with Crippen LogP contribution in [0.1, 0.15) is 25.7 Å². The molecule has 1 heterocycles. The van der Waals surface area contributed by atoms with Crippen molar-refractivity contribution in [1.82, 2.24) is 15.5 Å². The fourth-order valence-electron chi connectivity index (χ4n) is 1.88. The number of carboxylic acids is 1. The predicted molar refractivity (Wildman–Crippen MR) is 80.6 cm³/mol. The van der Waals surface area contributed by atoms with Gasteiger partial charge in [-0.15, -0.1) is 10.2 Å². The summed E-state index contributed by atoms with van der Waals surface area (Å²) in [7, 11) is 0. The average molecular weight is 354 g/mol. The highest BCUT2D eigenvalue weighted by atomic mass is 79.9. The molecule has 0 bridgehead atoms. The number of halogens is 1. The van der Waals surface area contributed by atoms with E-state index in [0.717, 1.165) is 16.5 Å². The lowest BCUT2D eigenvalue weighted by Gasteiger charge is -2.11. The second kappa shape index (κ2) is 7.33. The van der Waals surface area contributed by atoms with Crippen LogP contribution in [0.5, 0.6) is 0 Å². The Balaban J connectivity index is 2.04. The maximum absolute atomic E-state index is 11.0. The molecule has 0 radical (unpaired) electrons. The topological polar surface area (TPSA) is 88.3 Å². The number of hydrogen-bond donors (Lipinski definition) is 2. The van der Waals surface area contributed by atoms with Crippen LogP contribution in [-0.2, 0) is 11.3 Å². The van der Waals surface area contributed by atoms with E-state index in [-0.39, 0.29) is 6.54 Å². The number of aromatic nitrogens is 2. The Morgan fingerprint density at radius 1 is 1.43 bits per heavy atom. The predicted octanol–water partition coefficient (Wildman–Crippen LogP) is 2.84. The van der Waals surface area contributed by atoms with E-state index in [4.69, 9.17) is 9.52 Å². The van der Waals surface area contributed by atoms with Gasteiger partial charge < -0.3 is 9.52 Å². The molecule has 0 fully saturated rings. The van der Waals surface area contributed by atoms with Gasteiger partial charge in [0.2, 0.25) is 11.8 Å². The molecule has 1 unspecified atom stereocenters. The smallest absolute Gasteiger partial charge is 0.320 e. The quantitative estimate of drug-likeness (QED) is 0.795. The van der Waals surface area contributed by atoms with Gasteiger partial charge in [0.25, 0.3) is 0 Å². The van der Waals surface area contributed by atoms with Gasteiger partial charge in [-0.2, -0.15) is 0 Å². The van der Waals surface area contributed by atoms with E-state index in [1.54, 1.807) is 0 Å². The average Bonchev–Trinajstić information content (AvgIpc) is 2.92. The standard InChI is InChI=1S/C14H16BrN3O3/c1-2-5-11(14(19)20)16-8-12-17-18-13(21-12)9-6-3-4-7-10(9)15/h3-4,6-7,11,16H,2,5,8H2,1H3,(H,19,20). The first kappa shape index (κ1) is 15.7. The lowest BCUT2D eigenvalue weighted by Crippen LogP contribution is -2.36. The second-order valence-corrected chi connectivity index (χ2v) is 5.40. The molecule has 21 heavy (non-hydrogen) atoms. The number of hydrogen-bond acceptors (Lipinski definition) is 5. The van der Waals surface area contributed by atoms with Crippen LogP contribution in [0.4, 0.5) is 0 Å². The number of benzene rings is 1. The van der Waals surface area contributed by atoms with Gasteiger partial charge in [-0.25, -0.2) is 0 Å². The zero-order valence-corrected chi connectivity index (χ0v) is 13.1. The lowest BCUT2D eigenvalue weighted by molar-refractivity contribution is -0.139. The SMILES string of the molecule is CCCC(NCc1nnc(-c2ccccc2Br)o1)C(=O)O. The molecule has 0 aliphatic rings. The van der Waals surface area contributed by atoms with Crippen LogP contribution in [0.3, 0.4) is 0 Å². The molecule has 0 saturated carbocycles. The van der Waals surface area contributed by atoms with Crippen molar-refractivity contribution < 1.29 is 14.3 Å². The fourth-order valence-corrected chi connectivity index (χ4v) is 2.33. The van der Waals surface area contributed by atoms with Crippen LogP contribution < -0.4 is 5.32 Å². The van der Waals surface area contributed by atoms with Gasteiger partial charge in [0, 0.05) is 4.47 Å². The summed E-state index contributed by atoms with van der Waals surface area (Å²) >= 11 is 3.42. The molecular formula is C14H16BrN3O3. The Morgan fingerprint density at radius 2 is 2.19 bits per heavy atom. The number of carbonyl (C=O) groups is 1.